The van der Waals surface area contributed by atoms with E-state index >= 15 is 8.78 Å². The summed E-state index contributed by atoms with van der Waals surface area (Å²) in [4.78, 5) is 46.2. The van der Waals surface area contributed by atoms with Gasteiger partial charge in [-0.05, 0) is 171 Å². The van der Waals surface area contributed by atoms with E-state index in [4.69, 9.17) is 97.4 Å². The summed E-state index contributed by atoms with van der Waals surface area (Å²) < 4.78 is 135. The Morgan fingerprint density at radius 3 is 1.07 bits per heavy atom. The summed E-state index contributed by atoms with van der Waals surface area (Å²) in [6.45, 7) is 6.87. The molecule has 0 aliphatic carbocycles. The smallest absolute Gasteiger partial charge is 0.870 e. The van der Waals surface area contributed by atoms with Gasteiger partial charge in [-0.1, -0.05) is 84.9 Å². The van der Waals surface area contributed by atoms with Crippen LogP contribution in [0, 0.1) is 23.3 Å². The molecule has 0 bridgehead atoms. The van der Waals surface area contributed by atoms with Gasteiger partial charge in [0.25, 0.3) is 0 Å². The summed E-state index contributed by atoms with van der Waals surface area (Å²) in [6, 6.07) is 55.1. The number of methoxy groups -OCH3 is 4. The Kier molecular flexibility index (Phi) is 43.6. The van der Waals surface area contributed by atoms with Crippen LogP contribution < -0.4 is 74.7 Å². The number of aliphatic carboxylic acids is 1. The number of carboxylic acids is 1. The number of phenols is 1. The Hall–Kier alpha value is -12.8. The van der Waals surface area contributed by atoms with Crippen LogP contribution in [-0.2, 0) is 105 Å². The number of rotatable bonds is 31. The third-order valence-corrected chi connectivity index (χ3v) is 21.2. The number of carbonyl (C=O) groups is 4. The van der Waals surface area contributed by atoms with Crippen LogP contribution in [0.15, 0.2) is 246 Å². The standard InChI is InChI=1S/C27H26FNO5.C25H22FNO5.C20H18BrFO5.C11H14O4.C9H6BrFO2.C7H10BNO2.ClH.Li.H2O/c1-3-32-25(30)13-19-7-8-21(31-2)14-24(19)34-16-20-12-23(18-6-4-5-17(11-18)15-29)27-22(26(20)28)9-10-33-27;1-30-19-6-5-17(11-23(28)29)22(12-19)32-14-18-10-21(16-4-2-3-15(9-16)13-27)25-20(24(18)26)7-8-31-25;1-3-25-18(23)9-12-4-5-14(24-2)10-17(12)27-11-13-8-16(21)20-15(19(13)22)6-7-26-20;1-3-15-11(13)6-8-4-5-9(14-2)7-10(8)12;10-7-3-5(4-12)8(11)6-1-2-13-9(6)7;9-5-6-2-1-3-7(4-6)8(10)11;;;/h4-12,14H,3,13,15-16,29H2,1-2H3;2-10,12H,11,13-14,27H2,1H3,(H,28,29);4-8,10H,3,9,11H2,1-2H3;4-5,7,12H,3,6H2,1-2H3;1-3,12H,4H2;1-4,10-11H,5,9H2;1H;;1H2/q;;;;;;;+1;/p-1. The van der Waals surface area contributed by atoms with E-state index in [9.17, 15) is 38.2 Å². The molecule has 0 aliphatic heterocycles. The maximum Gasteiger partial charge on any atom is 1.00 e. The molecule has 4 aromatic heterocycles. The number of aromatic hydroxyl groups is 1. The average molecular weight is 2000 g/mol. The topological polar surface area (TPSA) is 422 Å². The van der Waals surface area contributed by atoms with Crippen LogP contribution >= 0.6 is 44.3 Å². The second-order valence-electron chi connectivity index (χ2n) is 28.7. The van der Waals surface area contributed by atoms with Gasteiger partial charge in [-0.2, -0.15) is 0 Å². The molecule has 135 heavy (non-hydrogen) atoms. The molecule has 27 nitrogen and oxygen atoms in total. The minimum atomic E-state index is -1.40. The Bertz CT molecular complexity index is 6480. The maximum atomic E-state index is 15.3. The van der Waals surface area contributed by atoms with Crippen LogP contribution in [-0.4, -0.2) is 110 Å². The van der Waals surface area contributed by atoms with Crippen LogP contribution in [0.1, 0.15) is 82.0 Å². The number of hydrogen-bond donors (Lipinski definition) is 8. The van der Waals surface area contributed by atoms with E-state index in [0.29, 0.717) is 170 Å². The molecule has 12 N–H and O–H groups in total. The van der Waals surface area contributed by atoms with Gasteiger partial charge >= 0.3 is 49.9 Å². The van der Waals surface area contributed by atoms with E-state index in [-0.39, 0.29) is 125 Å². The fourth-order valence-electron chi connectivity index (χ4n) is 13.4. The summed E-state index contributed by atoms with van der Waals surface area (Å²) in [7, 11) is 4.69. The molecule has 0 radical (unpaired) electrons. The predicted octanol–water partition coefficient (Wildman–Crippen LogP) is 15.7. The van der Waals surface area contributed by atoms with Gasteiger partial charge in [0.15, 0.2) is 11.2 Å². The van der Waals surface area contributed by atoms with Crippen LogP contribution in [0.3, 0.4) is 0 Å². The van der Waals surface area contributed by atoms with Gasteiger partial charge in [-0.3, -0.25) is 19.2 Å². The molecular formula is C99H98BBr2ClF4LiN3O24. The maximum absolute atomic E-state index is 15.3. The van der Waals surface area contributed by atoms with Gasteiger partial charge in [-0.15, -0.1) is 12.4 Å². The van der Waals surface area contributed by atoms with Crippen molar-refractivity contribution < 1.29 is 151 Å². The number of furan rings is 4. The zero-order valence-corrected chi connectivity index (χ0v) is 78.7. The van der Waals surface area contributed by atoms with Crippen molar-refractivity contribution in [2.75, 3.05) is 48.3 Å². The molecule has 0 saturated heterocycles. The number of aliphatic hydroxyl groups excluding tert-OH is 1. The summed E-state index contributed by atoms with van der Waals surface area (Å²) in [5, 5.41) is 46.6. The summed E-state index contributed by atoms with van der Waals surface area (Å²) >= 11 is 6.61. The molecule has 0 amide bonds. The van der Waals surface area contributed by atoms with Gasteiger partial charge in [-0.25, -0.2) is 17.6 Å². The predicted molar refractivity (Wildman–Crippen MR) is 505 cm³/mol. The van der Waals surface area contributed by atoms with E-state index in [1.165, 1.54) is 64.6 Å². The molecule has 0 fully saturated rings. The summed E-state index contributed by atoms with van der Waals surface area (Å²) in [5.74, 6) is -0.336. The van der Waals surface area contributed by atoms with E-state index in [0.717, 1.165) is 38.9 Å². The van der Waals surface area contributed by atoms with E-state index in [1.54, 1.807) is 149 Å². The number of halogens is 7. The van der Waals surface area contributed by atoms with Gasteiger partial charge < -0.3 is 113 Å². The van der Waals surface area contributed by atoms with Crippen LogP contribution in [0.4, 0.5) is 17.6 Å². The Morgan fingerprint density at radius 1 is 0.400 bits per heavy atom. The van der Waals surface area contributed by atoms with Crippen molar-refractivity contribution in [3.63, 3.8) is 0 Å². The summed E-state index contributed by atoms with van der Waals surface area (Å²) in [5.41, 5.74) is 28.8. The van der Waals surface area contributed by atoms with Crippen LogP contribution in [0.5, 0.6) is 46.0 Å². The van der Waals surface area contributed by atoms with Crippen molar-refractivity contribution in [1.29, 1.82) is 0 Å². The van der Waals surface area contributed by atoms with E-state index < -0.39 is 36.4 Å². The Morgan fingerprint density at radius 2 is 0.719 bits per heavy atom. The molecule has 36 heteroatoms. The monoisotopic (exact) mass is 2000 g/mol. The van der Waals surface area contributed by atoms with Gasteiger partial charge in [0.2, 0.25) is 0 Å². The SMILES string of the molecule is CCOC(=O)Cc1ccc(OC)cc1O.CCOC(=O)Cc1ccc(OC)cc1OCc1cc(-c2cccc(CN)c2)c2occc2c1F.CCOC(=O)Cc1ccc(OC)cc1OCc1cc(Br)c2occc2c1F.COc1ccc(CC(=O)O)c(OCc2cc(-c3cccc(CN)c3)c3occc3c2F)c1.Cl.NCc1cccc(B(O)O)c1.OCc1cc(Br)c2occc2c1F.[Li+].[OH-]. The Balaban J connectivity index is 0.000000230. The van der Waals surface area contributed by atoms with Crippen LogP contribution in [0.2, 0.25) is 0 Å². The van der Waals surface area contributed by atoms with Gasteiger partial charge in [0, 0.05) is 99.5 Å². The average Bonchev–Trinajstić information content (AvgIpc) is 1.68. The number of ether oxygens (including phenoxy) is 10. The van der Waals surface area contributed by atoms with Crippen molar-refractivity contribution >= 4 is 125 Å². The summed E-state index contributed by atoms with van der Waals surface area (Å²) in [6.07, 6.45) is 5.70. The number of aliphatic hydroxyl groups is 1. The minimum Gasteiger partial charge on any atom is -0.870 e. The number of phenolic OH excluding ortho intramolecular Hbond substituents is 1. The normalized spacial score (nSPS) is 10.5. The first-order chi connectivity index (χ1) is 63.7. The zero-order chi connectivity index (χ0) is 95.1. The number of hydrogen-bond acceptors (Lipinski definition) is 26. The quantitative estimate of drug-likeness (QED) is 0.00866. The molecule has 0 atom stereocenters. The molecular weight excluding hydrogens is 1900 g/mol. The number of fused-ring (bicyclic) bond motifs is 4. The van der Waals surface area contributed by atoms with Crippen molar-refractivity contribution in [3.8, 4) is 68.2 Å². The number of benzene rings is 11. The van der Waals surface area contributed by atoms with Crippen LogP contribution in [0.25, 0.3) is 66.1 Å². The molecule has 11 aromatic carbocycles. The number of carbonyl (C=O) groups excluding carboxylic acids is 3. The van der Waals surface area contributed by atoms with Gasteiger partial charge in [0.1, 0.15) is 100 Å². The largest absolute Gasteiger partial charge is 1.00 e. The molecule has 706 valence electrons. The number of esters is 3. The van der Waals surface area contributed by atoms with E-state index in [1.807, 2.05) is 54.6 Å². The minimum absolute atomic E-state index is 0. The molecule has 0 unspecified atom stereocenters. The third kappa shape index (κ3) is 29.6. The second kappa shape index (κ2) is 53.9. The zero-order valence-electron chi connectivity index (χ0n) is 74.7. The molecule has 0 spiro atoms. The first-order valence-electron chi connectivity index (χ1n) is 41.0. The number of nitrogens with two attached hydrogens (primary N) is 3. The molecule has 15 aromatic rings. The van der Waals surface area contributed by atoms with Crippen molar-refractivity contribution in [3.05, 3.63) is 313 Å². The third-order valence-electron chi connectivity index (χ3n) is 20.0. The first kappa shape index (κ1) is 109. The molecule has 0 saturated carbocycles. The van der Waals surface area contributed by atoms with Crippen molar-refractivity contribution in [1.82, 2.24) is 0 Å². The molecule has 15 rings (SSSR count). The Labute approximate surface area is 809 Å². The first-order valence-corrected chi connectivity index (χ1v) is 42.6. The van der Waals surface area contributed by atoms with E-state index in [2.05, 4.69) is 31.9 Å². The molecule has 0 aliphatic rings. The fraction of sp³-hybridized carbons (Fsp3) is 0.212. The fourth-order valence-corrected chi connectivity index (χ4v) is 14.6. The van der Waals surface area contributed by atoms with Crippen molar-refractivity contribution in [2.24, 2.45) is 17.2 Å². The molecule has 4 heterocycles. The van der Waals surface area contributed by atoms with Gasteiger partial charge in [0.05, 0.1) is 136 Å². The second-order valence-corrected chi connectivity index (χ2v) is 30.4. The number of carboxylic acid groups (broad SMARTS) is 1. The van der Waals surface area contributed by atoms with Crippen molar-refractivity contribution in [2.45, 2.75) is 92.5 Å².